The molecule has 96 valence electrons. The van der Waals surface area contributed by atoms with E-state index in [1.165, 1.54) is 0 Å². The molecule has 1 heterocycles. The van der Waals surface area contributed by atoms with E-state index in [9.17, 15) is 14.4 Å². The van der Waals surface area contributed by atoms with Gasteiger partial charge in [0, 0.05) is 12.3 Å². The van der Waals surface area contributed by atoms with E-state index in [-0.39, 0.29) is 25.5 Å². The molecule has 0 spiro atoms. The van der Waals surface area contributed by atoms with Gasteiger partial charge in [0.25, 0.3) is 0 Å². The molecular formula is C11H17NO5. The van der Waals surface area contributed by atoms with Crippen LogP contribution in [0.25, 0.3) is 0 Å². The number of esters is 2. The van der Waals surface area contributed by atoms with Gasteiger partial charge in [0.2, 0.25) is 11.4 Å². The van der Waals surface area contributed by atoms with Gasteiger partial charge in [-0.1, -0.05) is 6.92 Å². The maximum absolute atomic E-state index is 11.9. The fourth-order valence-corrected chi connectivity index (χ4v) is 1.90. The molecule has 0 aromatic rings. The fourth-order valence-electron chi connectivity index (χ4n) is 1.90. The molecule has 1 aliphatic heterocycles. The normalized spacial score (nSPS) is 21.8. The quantitative estimate of drug-likeness (QED) is 0.555. The van der Waals surface area contributed by atoms with Crippen LogP contribution in [0.5, 0.6) is 0 Å². The smallest absolute Gasteiger partial charge is 0.343 e. The van der Waals surface area contributed by atoms with E-state index in [1.54, 1.807) is 20.8 Å². The predicted molar refractivity (Wildman–Crippen MR) is 57.9 cm³/mol. The van der Waals surface area contributed by atoms with Gasteiger partial charge in [0.15, 0.2) is 0 Å². The third-order valence-electron chi connectivity index (χ3n) is 2.76. The molecule has 0 aromatic heterocycles. The lowest BCUT2D eigenvalue weighted by molar-refractivity contribution is -0.168. The monoisotopic (exact) mass is 243 g/mol. The Morgan fingerprint density at radius 3 is 2.06 bits per heavy atom. The van der Waals surface area contributed by atoms with E-state index in [0.717, 1.165) is 0 Å². The first-order chi connectivity index (χ1) is 7.98. The molecule has 0 bridgehead atoms. The Bertz CT molecular complexity index is 321. The minimum absolute atomic E-state index is 0.109. The Labute approximate surface area is 99.6 Å². The van der Waals surface area contributed by atoms with E-state index in [0.29, 0.717) is 0 Å². The number of rotatable bonds is 4. The van der Waals surface area contributed by atoms with Gasteiger partial charge in [0.05, 0.1) is 13.2 Å². The summed E-state index contributed by atoms with van der Waals surface area (Å²) in [5, 5.41) is 2.40. The lowest BCUT2D eigenvalue weighted by Crippen LogP contribution is -2.60. The molecule has 1 rings (SSSR count). The minimum atomic E-state index is -1.68. The second-order valence-corrected chi connectivity index (χ2v) is 3.90. The summed E-state index contributed by atoms with van der Waals surface area (Å²) in [5.74, 6) is -2.33. The van der Waals surface area contributed by atoms with Crippen LogP contribution < -0.4 is 5.32 Å². The van der Waals surface area contributed by atoms with Crippen molar-refractivity contribution in [3.8, 4) is 0 Å². The highest BCUT2D eigenvalue weighted by Crippen LogP contribution is 2.30. The van der Waals surface area contributed by atoms with Crippen LogP contribution in [0.3, 0.4) is 0 Å². The summed E-state index contributed by atoms with van der Waals surface area (Å²) in [6.07, 6.45) is 0.109. The number of hydrogen-bond acceptors (Lipinski definition) is 5. The van der Waals surface area contributed by atoms with Gasteiger partial charge in [0.1, 0.15) is 0 Å². The van der Waals surface area contributed by atoms with Crippen LogP contribution in [0.1, 0.15) is 27.2 Å². The number of amides is 1. The van der Waals surface area contributed by atoms with E-state index in [1.807, 2.05) is 0 Å². The first kappa shape index (κ1) is 13.5. The third-order valence-corrected chi connectivity index (χ3v) is 2.76. The third kappa shape index (κ3) is 2.25. The first-order valence-electron chi connectivity index (χ1n) is 5.64. The topological polar surface area (TPSA) is 81.7 Å². The molecule has 1 aliphatic rings. The van der Waals surface area contributed by atoms with Crippen LogP contribution in [0, 0.1) is 5.92 Å². The summed E-state index contributed by atoms with van der Waals surface area (Å²) in [6.45, 7) is 5.20. The van der Waals surface area contributed by atoms with Crippen molar-refractivity contribution in [2.75, 3.05) is 13.2 Å². The maximum atomic E-state index is 11.9. The van der Waals surface area contributed by atoms with E-state index >= 15 is 0 Å². The zero-order chi connectivity index (χ0) is 13.1. The summed E-state index contributed by atoms with van der Waals surface area (Å²) >= 11 is 0. The average Bonchev–Trinajstić information content (AvgIpc) is 2.55. The minimum Gasteiger partial charge on any atom is -0.464 e. The van der Waals surface area contributed by atoms with E-state index in [4.69, 9.17) is 9.47 Å². The molecule has 0 saturated carbocycles. The van der Waals surface area contributed by atoms with Crippen LogP contribution in [-0.2, 0) is 23.9 Å². The summed E-state index contributed by atoms with van der Waals surface area (Å²) in [5.41, 5.74) is -1.68. The lowest BCUT2D eigenvalue weighted by atomic mass is 9.87. The van der Waals surface area contributed by atoms with Gasteiger partial charge in [-0.15, -0.1) is 0 Å². The van der Waals surface area contributed by atoms with Crippen molar-refractivity contribution < 1.29 is 23.9 Å². The molecule has 17 heavy (non-hydrogen) atoms. The highest BCUT2D eigenvalue weighted by atomic mass is 16.6. The molecule has 0 aromatic carbocycles. The van der Waals surface area contributed by atoms with Crippen molar-refractivity contribution in [2.24, 2.45) is 5.92 Å². The molecule has 1 saturated heterocycles. The molecule has 0 unspecified atom stereocenters. The number of carbonyl (C=O) groups is 3. The lowest BCUT2D eigenvalue weighted by Gasteiger charge is -2.27. The second-order valence-electron chi connectivity index (χ2n) is 3.90. The standard InChI is InChI=1S/C11H17NO5/c1-4-16-9(14)11(10(15)17-5-2)7(3)6-8(13)12-11/h7H,4-6H2,1-3H3,(H,12,13)/t7-/m1/s1. The van der Waals surface area contributed by atoms with Crippen LogP contribution in [0.15, 0.2) is 0 Å². The van der Waals surface area contributed by atoms with Gasteiger partial charge in [-0.05, 0) is 13.8 Å². The summed E-state index contributed by atoms with van der Waals surface area (Å²) in [6, 6.07) is 0. The molecule has 1 atom stereocenters. The Balaban J connectivity index is 3.04. The van der Waals surface area contributed by atoms with Crippen molar-refractivity contribution in [3.05, 3.63) is 0 Å². The van der Waals surface area contributed by atoms with Gasteiger partial charge in [-0.3, -0.25) is 4.79 Å². The van der Waals surface area contributed by atoms with Crippen LogP contribution in [-0.4, -0.2) is 36.6 Å². The Morgan fingerprint density at radius 1 is 1.29 bits per heavy atom. The zero-order valence-corrected chi connectivity index (χ0v) is 10.2. The SMILES string of the molecule is CCOC(=O)C1(C(=O)OCC)NC(=O)C[C@H]1C. The van der Waals surface area contributed by atoms with Gasteiger partial charge < -0.3 is 14.8 Å². The average molecular weight is 243 g/mol. The Kier molecular flexibility index (Phi) is 4.09. The highest BCUT2D eigenvalue weighted by Gasteiger charge is 2.58. The molecule has 1 fully saturated rings. The molecule has 6 heteroatoms. The predicted octanol–water partition coefficient (Wildman–Crippen LogP) is 0.00740. The molecule has 1 N–H and O–H groups in total. The summed E-state index contributed by atoms with van der Waals surface area (Å²) in [7, 11) is 0. The Morgan fingerprint density at radius 2 is 1.76 bits per heavy atom. The van der Waals surface area contributed by atoms with Crippen LogP contribution in [0.4, 0.5) is 0 Å². The fraction of sp³-hybridized carbons (Fsp3) is 0.727. The number of ether oxygens (including phenoxy) is 2. The van der Waals surface area contributed by atoms with Crippen molar-refractivity contribution in [2.45, 2.75) is 32.7 Å². The maximum Gasteiger partial charge on any atom is 0.343 e. The molecule has 1 amide bonds. The molecule has 6 nitrogen and oxygen atoms in total. The molecule has 0 aliphatic carbocycles. The summed E-state index contributed by atoms with van der Waals surface area (Å²) in [4.78, 5) is 35.2. The molecule has 0 radical (unpaired) electrons. The summed E-state index contributed by atoms with van der Waals surface area (Å²) < 4.78 is 9.72. The van der Waals surface area contributed by atoms with Gasteiger partial charge in [-0.25, -0.2) is 9.59 Å². The first-order valence-corrected chi connectivity index (χ1v) is 5.64. The zero-order valence-electron chi connectivity index (χ0n) is 10.2. The largest absolute Gasteiger partial charge is 0.464 e. The van der Waals surface area contributed by atoms with Crippen molar-refractivity contribution in [3.63, 3.8) is 0 Å². The van der Waals surface area contributed by atoms with Crippen molar-refractivity contribution in [1.29, 1.82) is 0 Å². The Hall–Kier alpha value is -1.59. The van der Waals surface area contributed by atoms with Crippen LogP contribution in [0.2, 0.25) is 0 Å². The van der Waals surface area contributed by atoms with E-state index in [2.05, 4.69) is 5.32 Å². The number of hydrogen-bond donors (Lipinski definition) is 1. The molecular weight excluding hydrogens is 226 g/mol. The van der Waals surface area contributed by atoms with Crippen LogP contribution >= 0.6 is 0 Å². The van der Waals surface area contributed by atoms with Gasteiger partial charge >= 0.3 is 11.9 Å². The van der Waals surface area contributed by atoms with Gasteiger partial charge in [-0.2, -0.15) is 0 Å². The number of nitrogens with one attached hydrogen (secondary N) is 1. The van der Waals surface area contributed by atoms with E-state index < -0.39 is 23.4 Å². The second kappa shape index (κ2) is 5.16. The van der Waals surface area contributed by atoms with Crippen molar-refractivity contribution in [1.82, 2.24) is 5.32 Å². The number of carbonyl (C=O) groups excluding carboxylic acids is 3. The van der Waals surface area contributed by atoms with Crippen molar-refractivity contribution >= 4 is 17.8 Å². The highest BCUT2D eigenvalue weighted by molar-refractivity contribution is 6.10.